The molecule has 0 amide bonds. The summed E-state index contributed by atoms with van der Waals surface area (Å²) in [4.78, 5) is 10.7. The van der Waals surface area contributed by atoms with Crippen molar-refractivity contribution in [3.63, 3.8) is 0 Å². The van der Waals surface area contributed by atoms with Crippen molar-refractivity contribution in [3.8, 4) is 12.0 Å². The largest absolute Gasteiger partial charge is 0.388 e. The third-order valence-corrected chi connectivity index (χ3v) is 1.54. The topological polar surface area (TPSA) is 50.1 Å². The van der Waals surface area contributed by atoms with Crippen molar-refractivity contribution in [3.05, 3.63) is 29.8 Å². The molecule has 66 valence electrons. The molecule has 1 rings (SSSR count). The fourth-order valence-electron chi connectivity index (χ4n) is 1.02. The molecule has 0 heterocycles. The molecule has 13 heavy (non-hydrogen) atoms. The number of rotatable bonds is 3. The van der Waals surface area contributed by atoms with E-state index in [2.05, 4.69) is 4.74 Å². The van der Waals surface area contributed by atoms with Crippen LogP contribution >= 0.6 is 0 Å². The van der Waals surface area contributed by atoms with Crippen LogP contribution in [0.5, 0.6) is 5.75 Å². The number of hydrogen-bond acceptors (Lipinski definition) is 3. The predicted octanol–water partition coefficient (Wildman–Crippen LogP) is 1.68. The third kappa shape index (κ3) is 2.96. The molecule has 0 N–H and O–H groups in total. The lowest BCUT2D eigenvalue weighted by atomic mass is 10.1. The Morgan fingerprint density at radius 2 is 2.08 bits per heavy atom. The van der Waals surface area contributed by atoms with Gasteiger partial charge >= 0.3 is 0 Å². The fraction of sp³-hybridized carbons (Fsp3) is 0.200. The normalized spacial score (nSPS) is 8.92. The zero-order valence-corrected chi connectivity index (χ0v) is 7.28. The molecule has 1 aromatic rings. The monoisotopic (exact) mass is 175 g/mol. The van der Waals surface area contributed by atoms with E-state index in [-0.39, 0.29) is 5.78 Å². The van der Waals surface area contributed by atoms with Crippen molar-refractivity contribution in [1.82, 2.24) is 0 Å². The van der Waals surface area contributed by atoms with Crippen LogP contribution in [0.4, 0.5) is 0 Å². The van der Waals surface area contributed by atoms with Crippen LogP contribution in [0.3, 0.4) is 0 Å². The minimum atomic E-state index is 0.119. The predicted molar refractivity (Wildman–Crippen MR) is 47.1 cm³/mol. The van der Waals surface area contributed by atoms with E-state index in [1.807, 2.05) is 0 Å². The van der Waals surface area contributed by atoms with Crippen LogP contribution in [0, 0.1) is 11.5 Å². The number of benzene rings is 1. The Balaban J connectivity index is 2.70. The molecule has 0 atom stereocenters. The van der Waals surface area contributed by atoms with Gasteiger partial charge in [-0.3, -0.25) is 4.79 Å². The Morgan fingerprint density at radius 3 is 2.54 bits per heavy atom. The van der Waals surface area contributed by atoms with Gasteiger partial charge in [0.25, 0.3) is 6.26 Å². The SMILES string of the molecule is CC(=O)Cc1ccc(OC#N)cc1. The third-order valence-electron chi connectivity index (χ3n) is 1.54. The van der Waals surface area contributed by atoms with Crippen LogP contribution in [0.1, 0.15) is 12.5 Å². The number of Topliss-reactive ketones (excluding diaryl/α,β-unsaturated/α-hetero) is 1. The first-order valence-corrected chi connectivity index (χ1v) is 3.86. The van der Waals surface area contributed by atoms with Crippen molar-refractivity contribution >= 4 is 5.78 Å². The van der Waals surface area contributed by atoms with E-state index in [0.717, 1.165) is 5.56 Å². The minimum absolute atomic E-state index is 0.119. The molecule has 0 radical (unpaired) electrons. The maximum absolute atomic E-state index is 10.7. The molecular formula is C10H9NO2. The second kappa shape index (κ2) is 4.27. The van der Waals surface area contributed by atoms with Gasteiger partial charge < -0.3 is 4.74 Å². The summed E-state index contributed by atoms with van der Waals surface area (Å²) in [6.07, 6.45) is 2.00. The fourth-order valence-corrected chi connectivity index (χ4v) is 1.02. The average Bonchev–Trinajstić information content (AvgIpc) is 2.08. The molecule has 0 aliphatic heterocycles. The van der Waals surface area contributed by atoms with E-state index in [1.165, 1.54) is 0 Å². The van der Waals surface area contributed by atoms with Crippen molar-refractivity contribution in [2.45, 2.75) is 13.3 Å². The summed E-state index contributed by atoms with van der Waals surface area (Å²) >= 11 is 0. The van der Waals surface area contributed by atoms with Crippen LogP contribution in [0.2, 0.25) is 0 Å². The Morgan fingerprint density at radius 1 is 1.46 bits per heavy atom. The number of hydrogen-bond donors (Lipinski definition) is 0. The van der Waals surface area contributed by atoms with Gasteiger partial charge in [-0.05, 0) is 24.6 Å². The summed E-state index contributed by atoms with van der Waals surface area (Å²) in [5.41, 5.74) is 0.929. The quantitative estimate of drug-likeness (QED) is 0.656. The lowest BCUT2D eigenvalue weighted by Crippen LogP contribution is -1.95. The molecule has 1 aromatic carbocycles. The van der Waals surface area contributed by atoms with Crippen molar-refractivity contribution in [2.24, 2.45) is 0 Å². The summed E-state index contributed by atoms with van der Waals surface area (Å²) in [5.74, 6) is 0.615. The molecule has 0 aromatic heterocycles. The molecule has 0 spiro atoms. The number of carbonyl (C=O) groups is 1. The summed E-state index contributed by atoms with van der Waals surface area (Å²) in [6.45, 7) is 1.54. The molecule has 0 aliphatic rings. The van der Waals surface area contributed by atoms with E-state index in [9.17, 15) is 4.79 Å². The van der Waals surface area contributed by atoms with Crippen LogP contribution < -0.4 is 4.74 Å². The lowest BCUT2D eigenvalue weighted by molar-refractivity contribution is -0.116. The zero-order chi connectivity index (χ0) is 9.68. The van der Waals surface area contributed by atoms with Gasteiger partial charge in [0.05, 0.1) is 0 Å². The van der Waals surface area contributed by atoms with Gasteiger partial charge in [-0.1, -0.05) is 12.1 Å². The average molecular weight is 175 g/mol. The van der Waals surface area contributed by atoms with Crippen LogP contribution in [0.15, 0.2) is 24.3 Å². The van der Waals surface area contributed by atoms with Gasteiger partial charge in [-0.2, -0.15) is 0 Å². The van der Waals surface area contributed by atoms with Crippen LogP contribution in [0.25, 0.3) is 0 Å². The number of ketones is 1. The molecule has 0 aliphatic carbocycles. The first-order chi connectivity index (χ1) is 6.22. The summed E-state index contributed by atoms with van der Waals surface area (Å²) < 4.78 is 4.59. The molecule has 0 unspecified atom stereocenters. The van der Waals surface area contributed by atoms with Crippen molar-refractivity contribution in [1.29, 1.82) is 5.26 Å². The van der Waals surface area contributed by atoms with E-state index < -0.39 is 0 Å². The van der Waals surface area contributed by atoms with Gasteiger partial charge in [0, 0.05) is 6.42 Å². The smallest absolute Gasteiger partial charge is 0.292 e. The van der Waals surface area contributed by atoms with Crippen molar-refractivity contribution < 1.29 is 9.53 Å². The Kier molecular flexibility index (Phi) is 3.04. The molecule has 0 fully saturated rings. The van der Waals surface area contributed by atoms with Crippen LogP contribution in [-0.2, 0) is 11.2 Å². The molecule has 0 saturated carbocycles. The maximum atomic E-state index is 10.7. The van der Waals surface area contributed by atoms with E-state index >= 15 is 0 Å². The maximum Gasteiger partial charge on any atom is 0.292 e. The Bertz CT molecular complexity index is 335. The molecule has 0 saturated heterocycles. The van der Waals surface area contributed by atoms with Crippen molar-refractivity contribution in [2.75, 3.05) is 0 Å². The standard InChI is InChI=1S/C10H9NO2/c1-8(12)6-9-2-4-10(5-3-9)13-7-11/h2-5H,6H2,1H3. The van der Waals surface area contributed by atoms with Gasteiger partial charge in [0.15, 0.2) is 0 Å². The second-order valence-corrected chi connectivity index (χ2v) is 2.72. The molecule has 3 nitrogen and oxygen atoms in total. The number of nitriles is 1. The highest BCUT2D eigenvalue weighted by molar-refractivity contribution is 5.78. The minimum Gasteiger partial charge on any atom is -0.388 e. The first kappa shape index (κ1) is 9.27. The Labute approximate surface area is 76.6 Å². The zero-order valence-electron chi connectivity index (χ0n) is 7.28. The molecule has 3 heteroatoms. The van der Waals surface area contributed by atoms with E-state index in [1.54, 1.807) is 37.4 Å². The highest BCUT2D eigenvalue weighted by atomic mass is 16.5. The van der Waals surface area contributed by atoms with Gasteiger partial charge in [0.1, 0.15) is 11.5 Å². The number of carbonyl (C=O) groups excluding carboxylic acids is 1. The van der Waals surface area contributed by atoms with Gasteiger partial charge in [0.2, 0.25) is 0 Å². The van der Waals surface area contributed by atoms with Crippen LogP contribution in [-0.4, -0.2) is 5.78 Å². The highest BCUT2D eigenvalue weighted by Crippen LogP contribution is 2.12. The summed E-state index contributed by atoms with van der Waals surface area (Å²) in [6, 6.07) is 6.88. The Hall–Kier alpha value is -1.82. The summed E-state index contributed by atoms with van der Waals surface area (Å²) in [7, 11) is 0. The van der Waals surface area contributed by atoms with E-state index in [0.29, 0.717) is 12.2 Å². The van der Waals surface area contributed by atoms with Gasteiger partial charge in [-0.25, -0.2) is 0 Å². The lowest BCUT2D eigenvalue weighted by Gasteiger charge is -1.98. The highest BCUT2D eigenvalue weighted by Gasteiger charge is 1.97. The van der Waals surface area contributed by atoms with Gasteiger partial charge in [-0.15, -0.1) is 5.26 Å². The second-order valence-electron chi connectivity index (χ2n) is 2.72. The first-order valence-electron chi connectivity index (χ1n) is 3.86. The summed E-state index contributed by atoms with van der Waals surface area (Å²) in [5, 5.41) is 8.21. The number of nitrogens with zero attached hydrogens (tertiary/aromatic N) is 1. The van der Waals surface area contributed by atoms with E-state index in [4.69, 9.17) is 5.26 Å². The molecule has 0 bridgehead atoms. The number of ether oxygens (including phenoxy) is 1. The molecular weight excluding hydrogens is 166 g/mol.